The normalized spacial score (nSPS) is 27.2. The molecule has 0 aliphatic carbocycles. The number of rotatable bonds is 13. The Labute approximate surface area is 456 Å². The molecule has 3 heterocycles. The summed E-state index contributed by atoms with van der Waals surface area (Å²) in [7, 11) is 0. The summed E-state index contributed by atoms with van der Waals surface area (Å²) in [4.78, 5) is 133. The van der Waals surface area contributed by atoms with Gasteiger partial charge in [0.2, 0.25) is 53.2 Å². The highest BCUT2D eigenvalue weighted by Crippen LogP contribution is 2.27. The summed E-state index contributed by atoms with van der Waals surface area (Å²) in [5.41, 5.74) is 1.69. The lowest BCUT2D eigenvalue weighted by Gasteiger charge is -2.35. The van der Waals surface area contributed by atoms with Crippen molar-refractivity contribution >= 4 is 53.2 Å². The van der Waals surface area contributed by atoms with E-state index in [9.17, 15) is 43.2 Å². The number of hydrogen-bond donors (Lipinski definition) is 7. The molecule has 5 rings (SSSR count). The molecular weight excluding hydrogens is 979 g/mol. The van der Waals surface area contributed by atoms with Gasteiger partial charge in [0.25, 0.3) is 0 Å². The van der Waals surface area contributed by atoms with Crippen LogP contribution in [0.25, 0.3) is 0 Å². The van der Waals surface area contributed by atoms with Gasteiger partial charge in [-0.3, -0.25) is 43.2 Å². The summed E-state index contributed by atoms with van der Waals surface area (Å²) < 4.78 is 0. The largest absolute Gasteiger partial charge is 0.351 e. The van der Waals surface area contributed by atoms with E-state index in [1.165, 1.54) is 9.80 Å². The molecule has 3 saturated heterocycles. The van der Waals surface area contributed by atoms with Gasteiger partial charge in [-0.05, 0) is 92.1 Å². The van der Waals surface area contributed by atoms with Gasteiger partial charge in [0.15, 0.2) is 0 Å². The zero-order valence-corrected chi connectivity index (χ0v) is 47.3. The van der Waals surface area contributed by atoms with Crippen LogP contribution in [-0.2, 0) is 56.0 Å². The van der Waals surface area contributed by atoms with Gasteiger partial charge in [0, 0.05) is 32.0 Å². The highest BCUT2D eigenvalue weighted by atomic mass is 16.2. The molecule has 7 N–H and O–H groups in total. The van der Waals surface area contributed by atoms with E-state index in [0.29, 0.717) is 44.9 Å². The summed E-state index contributed by atoms with van der Waals surface area (Å²) in [6, 6.07) is 9.84. The first-order chi connectivity index (χ1) is 36.6. The van der Waals surface area contributed by atoms with Gasteiger partial charge in [0.05, 0.1) is 0 Å². The molecule has 3 aliphatic heterocycles. The molecule has 3 aliphatic rings. The predicted molar refractivity (Wildman–Crippen MR) is 295 cm³/mol. The molecular formula is C59H89N9O9. The standard InChI is InChI=1S/C59H89N9O9/c1-11-38(9)50-56(74)63-44(32-36(5)6)54(72)64-49(37(7)8)59(77)68-30-20-26-47(68)58(76)67-29-19-25-46(67)55(73)62-45(34-41-23-17-14-18-24-41)52(70)60-42(33-40-21-15-13-16-22-40)27-28-48(69)61-43(31-35(3)4)53(71)65-51(39(10)12-2)57(75)66-50/h13-18,21-24,35-39,42-47,49-51H,11-12,19-20,25-34H2,1-10H3,(H,60,70)(H,61,69)(H,62,73)(H,63,74)(H,64,72)(H,65,71)(H,66,75)/t38-,39-,42+,43-,44-,45-,46-,47-,49-,50-,51-/m0/s1. The van der Waals surface area contributed by atoms with Crippen LogP contribution in [0.1, 0.15) is 145 Å². The van der Waals surface area contributed by atoms with E-state index in [-0.39, 0.29) is 62.9 Å². The smallest absolute Gasteiger partial charge is 0.246 e. The van der Waals surface area contributed by atoms with Crippen LogP contribution in [0.2, 0.25) is 0 Å². The van der Waals surface area contributed by atoms with Gasteiger partial charge in [-0.15, -0.1) is 0 Å². The maximum absolute atomic E-state index is 14.7. The van der Waals surface area contributed by atoms with E-state index in [1.54, 1.807) is 13.8 Å². The van der Waals surface area contributed by atoms with Crippen molar-refractivity contribution in [1.82, 2.24) is 47.0 Å². The Kier molecular flexibility index (Phi) is 23.5. The van der Waals surface area contributed by atoms with Gasteiger partial charge in [-0.2, -0.15) is 0 Å². The quantitative estimate of drug-likeness (QED) is 0.149. The highest BCUT2D eigenvalue weighted by Gasteiger charge is 2.45. The maximum Gasteiger partial charge on any atom is 0.246 e. The van der Waals surface area contributed by atoms with Crippen molar-refractivity contribution in [2.75, 3.05) is 13.1 Å². The minimum atomic E-state index is -1.12. The van der Waals surface area contributed by atoms with Crippen molar-refractivity contribution < 1.29 is 43.2 Å². The molecule has 3 fully saturated rings. The fourth-order valence-corrected chi connectivity index (χ4v) is 10.6. The molecule has 0 radical (unpaired) electrons. The lowest BCUT2D eigenvalue weighted by Crippen LogP contribution is -2.62. The van der Waals surface area contributed by atoms with Crippen molar-refractivity contribution in [3.05, 3.63) is 71.8 Å². The molecule has 18 nitrogen and oxygen atoms in total. The van der Waals surface area contributed by atoms with Crippen LogP contribution in [0.3, 0.4) is 0 Å². The first kappa shape index (κ1) is 61.5. The molecule has 0 bridgehead atoms. The van der Waals surface area contributed by atoms with Crippen LogP contribution in [-0.4, -0.2) is 130 Å². The van der Waals surface area contributed by atoms with Gasteiger partial charge in [-0.25, -0.2) is 0 Å². The van der Waals surface area contributed by atoms with Crippen LogP contribution < -0.4 is 37.2 Å². The Morgan fingerprint density at radius 1 is 0.455 bits per heavy atom. The van der Waals surface area contributed by atoms with Crippen LogP contribution in [0.15, 0.2) is 60.7 Å². The minimum absolute atomic E-state index is 0.0443. The fraction of sp³-hybridized carbons (Fsp3) is 0.644. The van der Waals surface area contributed by atoms with Crippen molar-refractivity contribution in [3.63, 3.8) is 0 Å². The number of fused-ring (bicyclic) bond motifs is 2. The SMILES string of the molecule is CC[C@H](C)[C@@H]1NC(=O)[C@H](CC(C)C)NC(=O)CC[C@H](Cc2ccccc2)NC(=O)[C@H](Cc2ccccc2)NC(=O)[C@@H]2CCCN2C(=O)[C@@H]2CCCN2C(=O)[C@H](C(C)C)NC(=O)[C@H](CC(C)C)NC(=O)[C@H]([C@@H](C)CC)NC1=O. The Morgan fingerprint density at radius 3 is 1.42 bits per heavy atom. The number of benzene rings is 2. The number of carbonyl (C=O) groups is 9. The molecule has 2 aromatic carbocycles. The number of carbonyl (C=O) groups excluding carboxylic acids is 9. The van der Waals surface area contributed by atoms with Gasteiger partial charge < -0.3 is 47.0 Å². The Bertz CT molecular complexity index is 2330. The zero-order chi connectivity index (χ0) is 56.5. The van der Waals surface area contributed by atoms with E-state index in [1.807, 2.05) is 116 Å². The Morgan fingerprint density at radius 2 is 0.896 bits per heavy atom. The molecule has 0 saturated carbocycles. The molecule has 2 aromatic rings. The van der Waals surface area contributed by atoms with Crippen LogP contribution in [0.5, 0.6) is 0 Å². The van der Waals surface area contributed by atoms with Crippen molar-refractivity contribution in [2.45, 2.75) is 201 Å². The molecule has 18 heteroatoms. The van der Waals surface area contributed by atoms with Gasteiger partial charge in [-0.1, -0.05) is 143 Å². The second-order valence-electron chi connectivity index (χ2n) is 23.0. The Hall–Kier alpha value is -6.33. The topological polar surface area (TPSA) is 244 Å². The van der Waals surface area contributed by atoms with E-state index in [0.717, 1.165) is 11.1 Å². The van der Waals surface area contributed by atoms with E-state index < -0.39 is 119 Å². The average Bonchev–Trinajstić information content (AvgIpc) is 4.11. The molecule has 0 unspecified atom stereocenters. The van der Waals surface area contributed by atoms with Crippen molar-refractivity contribution in [2.24, 2.45) is 29.6 Å². The van der Waals surface area contributed by atoms with Gasteiger partial charge in [0.1, 0.15) is 48.3 Å². The van der Waals surface area contributed by atoms with E-state index >= 15 is 0 Å². The third kappa shape index (κ3) is 17.6. The number of nitrogens with zero attached hydrogens (tertiary/aromatic N) is 2. The summed E-state index contributed by atoms with van der Waals surface area (Å²) in [6.07, 6.45) is 3.73. The number of nitrogens with one attached hydrogen (secondary N) is 7. The monoisotopic (exact) mass is 1070 g/mol. The lowest BCUT2D eigenvalue weighted by molar-refractivity contribution is -0.148. The maximum atomic E-state index is 14.7. The summed E-state index contributed by atoms with van der Waals surface area (Å²) in [6.45, 7) is 19.2. The molecule has 0 spiro atoms. The molecule has 0 aromatic heterocycles. The first-order valence-electron chi connectivity index (χ1n) is 28.4. The van der Waals surface area contributed by atoms with Gasteiger partial charge >= 0.3 is 0 Å². The predicted octanol–water partition coefficient (Wildman–Crippen LogP) is 4.48. The molecule has 9 amide bonds. The van der Waals surface area contributed by atoms with E-state index in [4.69, 9.17) is 0 Å². The second-order valence-corrected chi connectivity index (χ2v) is 23.0. The van der Waals surface area contributed by atoms with Crippen LogP contribution in [0, 0.1) is 29.6 Å². The van der Waals surface area contributed by atoms with Crippen LogP contribution in [0.4, 0.5) is 0 Å². The molecule has 77 heavy (non-hydrogen) atoms. The second kappa shape index (κ2) is 29.4. The summed E-state index contributed by atoms with van der Waals surface area (Å²) >= 11 is 0. The van der Waals surface area contributed by atoms with Crippen molar-refractivity contribution in [3.8, 4) is 0 Å². The zero-order valence-electron chi connectivity index (χ0n) is 47.3. The van der Waals surface area contributed by atoms with Crippen LogP contribution >= 0.6 is 0 Å². The third-order valence-electron chi connectivity index (χ3n) is 15.5. The number of hydrogen-bond acceptors (Lipinski definition) is 9. The summed E-state index contributed by atoms with van der Waals surface area (Å²) in [5, 5.41) is 20.7. The minimum Gasteiger partial charge on any atom is -0.351 e. The fourth-order valence-electron chi connectivity index (χ4n) is 10.6. The summed E-state index contributed by atoms with van der Waals surface area (Å²) in [5.74, 6) is -6.00. The third-order valence-corrected chi connectivity index (χ3v) is 15.5. The lowest BCUT2D eigenvalue weighted by atomic mass is 9.93. The number of amides is 9. The Balaban J connectivity index is 1.55. The van der Waals surface area contributed by atoms with E-state index in [2.05, 4.69) is 37.2 Å². The van der Waals surface area contributed by atoms with Crippen molar-refractivity contribution in [1.29, 1.82) is 0 Å². The highest BCUT2D eigenvalue weighted by molar-refractivity contribution is 5.99. The first-order valence-corrected chi connectivity index (χ1v) is 28.4. The molecule has 424 valence electrons. The molecule has 11 atom stereocenters. The average molecular weight is 1070 g/mol.